The Bertz CT molecular complexity index is 497. The van der Waals surface area contributed by atoms with E-state index in [0.717, 1.165) is 11.0 Å². The lowest BCUT2D eigenvalue weighted by Crippen LogP contribution is -2.13. The molecule has 0 aliphatic carbocycles. The predicted octanol–water partition coefficient (Wildman–Crippen LogP) is 3.04. The van der Waals surface area contributed by atoms with Crippen LogP contribution in [-0.4, -0.2) is 18.5 Å². The molecule has 0 saturated heterocycles. The molecule has 0 atom stereocenters. The molecule has 0 saturated carbocycles. The molecule has 0 bridgehead atoms. The molecule has 0 fully saturated rings. The van der Waals surface area contributed by atoms with Crippen LogP contribution in [0.1, 0.15) is 24.2 Å². The maximum Gasteiger partial charge on any atom is 0.192 e. The molecular formula is C13H14O3. The van der Waals surface area contributed by atoms with E-state index in [-0.39, 0.29) is 18.5 Å². The minimum absolute atomic E-state index is 0.0429. The third-order valence-electron chi connectivity index (χ3n) is 2.33. The average Bonchev–Trinajstić information content (AvgIpc) is 2.69. The molecule has 1 aromatic carbocycles. The van der Waals surface area contributed by atoms with Crippen molar-refractivity contribution in [2.24, 2.45) is 0 Å². The van der Waals surface area contributed by atoms with Gasteiger partial charge in [-0.05, 0) is 19.9 Å². The van der Waals surface area contributed by atoms with E-state index < -0.39 is 0 Å². The molecule has 2 aromatic rings. The molecule has 1 heterocycles. The normalized spacial score (nSPS) is 11.2. The van der Waals surface area contributed by atoms with Gasteiger partial charge in [0.05, 0.1) is 11.7 Å². The maximum atomic E-state index is 11.8. The molecule has 16 heavy (non-hydrogen) atoms. The molecule has 84 valence electrons. The molecule has 2 rings (SSSR count). The molecule has 0 spiro atoms. The van der Waals surface area contributed by atoms with Crippen LogP contribution in [0.15, 0.2) is 34.9 Å². The van der Waals surface area contributed by atoms with Gasteiger partial charge in [-0.2, -0.15) is 0 Å². The Kier molecular flexibility index (Phi) is 3.06. The molecule has 0 amide bonds. The van der Waals surface area contributed by atoms with Crippen molar-refractivity contribution in [3.05, 3.63) is 36.1 Å². The van der Waals surface area contributed by atoms with E-state index in [9.17, 15) is 4.79 Å². The van der Waals surface area contributed by atoms with E-state index in [1.54, 1.807) is 0 Å². The summed E-state index contributed by atoms with van der Waals surface area (Å²) in [6.07, 6.45) is 1.55. The van der Waals surface area contributed by atoms with Crippen LogP contribution in [0.5, 0.6) is 0 Å². The van der Waals surface area contributed by atoms with Gasteiger partial charge in [-0.1, -0.05) is 18.2 Å². The number of benzene rings is 1. The van der Waals surface area contributed by atoms with E-state index in [4.69, 9.17) is 9.15 Å². The number of carbonyl (C=O) groups is 1. The second-order valence-corrected chi connectivity index (χ2v) is 3.93. The molecule has 3 nitrogen and oxygen atoms in total. The fraction of sp³-hybridized carbons (Fsp3) is 0.308. The topological polar surface area (TPSA) is 39.4 Å². The summed E-state index contributed by atoms with van der Waals surface area (Å²) in [5.41, 5.74) is 1.33. The number of hydrogen-bond donors (Lipinski definition) is 0. The van der Waals surface area contributed by atoms with Crippen molar-refractivity contribution in [1.82, 2.24) is 0 Å². The first-order valence-electron chi connectivity index (χ1n) is 5.29. The van der Waals surface area contributed by atoms with Gasteiger partial charge in [-0.15, -0.1) is 0 Å². The number of rotatable bonds is 4. The quantitative estimate of drug-likeness (QED) is 0.740. The van der Waals surface area contributed by atoms with Gasteiger partial charge in [0.2, 0.25) is 0 Å². The van der Waals surface area contributed by atoms with E-state index in [1.807, 2.05) is 38.1 Å². The summed E-state index contributed by atoms with van der Waals surface area (Å²) in [4.78, 5) is 11.8. The molecular weight excluding hydrogens is 204 g/mol. The number of para-hydroxylation sites is 1. The Morgan fingerprint density at radius 3 is 2.88 bits per heavy atom. The summed E-state index contributed by atoms with van der Waals surface area (Å²) in [6, 6.07) is 7.49. The summed E-state index contributed by atoms with van der Waals surface area (Å²) < 4.78 is 10.6. The third kappa shape index (κ3) is 2.14. The number of fused-ring (bicyclic) bond motifs is 1. The number of carbonyl (C=O) groups excluding carboxylic acids is 1. The second kappa shape index (κ2) is 4.49. The van der Waals surface area contributed by atoms with Crippen LogP contribution in [0, 0.1) is 0 Å². The van der Waals surface area contributed by atoms with E-state index in [2.05, 4.69) is 0 Å². The lowest BCUT2D eigenvalue weighted by Gasteiger charge is -2.05. The second-order valence-electron chi connectivity index (χ2n) is 3.93. The highest BCUT2D eigenvalue weighted by Crippen LogP contribution is 2.21. The Balaban J connectivity index is 2.23. The molecule has 0 aliphatic heterocycles. The Morgan fingerprint density at radius 2 is 2.12 bits per heavy atom. The first-order chi connectivity index (χ1) is 7.68. The molecule has 0 unspecified atom stereocenters. The molecule has 0 N–H and O–H groups in total. The van der Waals surface area contributed by atoms with Gasteiger partial charge in [0.15, 0.2) is 5.78 Å². The maximum absolute atomic E-state index is 11.8. The Labute approximate surface area is 94.0 Å². The van der Waals surface area contributed by atoms with E-state index in [0.29, 0.717) is 5.56 Å². The van der Waals surface area contributed by atoms with Crippen molar-refractivity contribution < 1.29 is 13.9 Å². The molecule has 3 heteroatoms. The zero-order valence-electron chi connectivity index (χ0n) is 9.40. The number of Topliss-reactive ketones (excluding diaryl/α,β-unsaturated/α-hetero) is 1. The van der Waals surface area contributed by atoms with Crippen molar-refractivity contribution in [2.45, 2.75) is 20.0 Å². The highest BCUT2D eigenvalue weighted by Gasteiger charge is 2.13. The van der Waals surface area contributed by atoms with Crippen LogP contribution in [0.2, 0.25) is 0 Å². The van der Waals surface area contributed by atoms with Crippen LogP contribution < -0.4 is 0 Å². The van der Waals surface area contributed by atoms with Gasteiger partial charge < -0.3 is 9.15 Å². The summed E-state index contributed by atoms with van der Waals surface area (Å²) in [6.45, 7) is 3.91. The van der Waals surface area contributed by atoms with Crippen LogP contribution in [-0.2, 0) is 4.74 Å². The number of ketones is 1. The minimum atomic E-state index is -0.0429. The van der Waals surface area contributed by atoms with E-state index in [1.165, 1.54) is 6.26 Å². The Morgan fingerprint density at radius 1 is 1.38 bits per heavy atom. The number of hydrogen-bond acceptors (Lipinski definition) is 3. The van der Waals surface area contributed by atoms with Crippen LogP contribution in [0.3, 0.4) is 0 Å². The fourth-order valence-corrected chi connectivity index (χ4v) is 1.51. The lowest BCUT2D eigenvalue weighted by atomic mass is 10.1. The lowest BCUT2D eigenvalue weighted by molar-refractivity contribution is 0.0585. The zero-order valence-corrected chi connectivity index (χ0v) is 9.40. The largest absolute Gasteiger partial charge is 0.464 e. The highest BCUT2D eigenvalue weighted by molar-refractivity contribution is 6.07. The first-order valence-corrected chi connectivity index (χ1v) is 5.29. The number of furan rings is 1. The van der Waals surface area contributed by atoms with Gasteiger partial charge in [0.25, 0.3) is 0 Å². The zero-order chi connectivity index (χ0) is 11.5. The molecule has 0 aliphatic rings. The molecule has 0 radical (unpaired) electrons. The van der Waals surface area contributed by atoms with Crippen molar-refractivity contribution >= 4 is 16.8 Å². The fourth-order valence-electron chi connectivity index (χ4n) is 1.51. The van der Waals surface area contributed by atoms with Crippen molar-refractivity contribution in [3.8, 4) is 0 Å². The van der Waals surface area contributed by atoms with Crippen LogP contribution in [0.4, 0.5) is 0 Å². The third-order valence-corrected chi connectivity index (χ3v) is 2.33. The van der Waals surface area contributed by atoms with E-state index >= 15 is 0 Å². The minimum Gasteiger partial charge on any atom is -0.464 e. The molecule has 1 aromatic heterocycles. The summed E-state index contributed by atoms with van der Waals surface area (Å²) >= 11 is 0. The average molecular weight is 218 g/mol. The van der Waals surface area contributed by atoms with Gasteiger partial charge in [0.1, 0.15) is 18.5 Å². The SMILES string of the molecule is CC(C)OCC(=O)c1coc2ccccc12. The summed E-state index contributed by atoms with van der Waals surface area (Å²) in [7, 11) is 0. The monoisotopic (exact) mass is 218 g/mol. The smallest absolute Gasteiger partial charge is 0.192 e. The first kappa shape index (κ1) is 10.9. The number of ether oxygens (including phenoxy) is 1. The van der Waals surface area contributed by atoms with Crippen molar-refractivity contribution in [3.63, 3.8) is 0 Å². The van der Waals surface area contributed by atoms with Gasteiger partial charge in [-0.25, -0.2) is 0 Å². The highest BCUT2D eigenvalue weighted by atomic mass is 16.5. The Hall–Kier alpha value is -1.61. The van der Waals surface area contributed by atoms with Crippen molar-refractivity contribution in [1.29, 1.82) is 0 Å². The van der Waals surface area contributed by atoms with Gasteiger partial charge in [0, 0.05) is 5.39 Å². The predicted molar refractivity (Wildman–Crippen MR) is 61.6 cm³/mol. The summed E-state index contributed by atoms with van der Waals surface area (Å²) in [5.74, 6) is -0.0429. The summed E-state index contributed by atoms with van der Waals surface area (Å²) in [5, 5.41) is 0.847. The van der Waals surface area contributed by atoms with Crippen molar-refractivity contribution in [2.75, 3.05) is 6.61 Å². The van der Waals surface area contributed by atoms with Gasteiger partial charge in [-0.3, -0.25) is 4.79 Å². The standard InChI is InChI=1S/C13H14O3/c1-9(2)15-8-12(14)11-7-16-13-6-4-3-5-10(11)13/h3-7,9H,8H2,1-2H3. The van der Waals surface area contributed by atoms with Crippen LogP contribution in [0.25, 0.3) is 11.0 Å². The van der Waals surface area contributed by atoms with Crippen LogP contribution >= 0.6 is 0 Å². The van der Waals surface area contributed by atoms with Gasteiger partial charge >= 0.3 is 0 Å².